The lowest BCUT2D eigenvalue weighted by atomic mass is 10.1. The topological polar surface area (TPSA) is 203 Å². The molecule has 0 spiro atoms. The summed E-state index contributed by atoms with van der Waals surface area (Å²) in [5.74, 6) is 1.64. The fourth-order valence-corrected chi connectivity index (χ4v) is 7.42. The number of anilines is 2. The van der Waals surface area contributed by atoms with Gasteiger partial charge in [0.2, 0.25) is 11.8 Å². The minimum Gasteiger partial charge on any atom is -0.479 e. The number of hydrogen-bond acceptors (Lipinski definition) is 13. The van der Waals surface area contributed by atoms with Crippen LogP contribution < -0.4 is 20.1 Å². The van der Waals surface area contributed by atoms with Gasteiger partial charge in [-0.1, -0.05) is 77.0 Å². The molecule has 2 N–H and O–H groups in total. The Kier molecular flexibility index (Phi) is 11.5. The molecule has 0 bridgehead atoms. The van der Waals surface area contributed by atoms with Crippen LogP contribution in [0.5, 0.6) is 11.8 Å². The van der Waals surface area contributed by atoms with Gasteiger partial charge < -0.3 is 33.7 Å². The number of fused-ring (bicyclic) bond motifs is 2. The molecule has 10 aromatic rings. The maximum atomic E-state index is 13.2. The van der Waals surface area contributed by atoms with Crippen molar-refractivity contribution in [3.05, 3.63) is 156 Å². The zero-order chi connectivity index (χ0) is 45.9. The van der Waals surface area contributed by atoms with E-state index in [4.69, 9.17) is 18.5 Å². The minimum atomic E-state index is -0.367. The van der Waals surface area contributed by atoms with Crippen molar-refractivity contribution in [2.24, 2.45) is 7.05 Å². The Labute approximate surface area is 377 Å². The third-order valence-corrected chi connectivity index (χ3v) is 10.8. The molecule has 7 aromatic heterocycles. The molecule has 10 rings (SSSR count). The third kappa shape index (κ3) is 8.19. The molecule has 328 valence electrons. The lowest BCUT2D eigenvalue weighted by molar-refractivity contribution is 0.101. The van der Waals surface area contributed by atoms with Crippen LogP contribution in [0, 0.1) is 20.8 Å². The lowest BCUT2D eigenvalue weighted by Gasteiger charge is -2.11. The first-order chi connectivity index (χ1) is 32.1. The van der Waals surface area contributed by atoms with Crippen LogP contribution in [-0.2, 0) is 7.05 Å². The highest BCUT2D eigenvalue weighted by Crippen LogP contribution is 2.33. The number of benzene rings is 3. The first-order valence-electron chi connectivity index (χ1n) is 20.6. The quantitative estimate of drug-likeness (QED) is 0.132. The average Bonchev–Trinajstić information content (AvgIpc) is 4.13. The zero-order valence-electron chi connectivity index (χ0n) is 36.6. The molecule has 0 radical (unpaired) electrons. The first-order valence-corrected chi connectivity index (χ1v) is 20.6. The molecular weight excluding hydrogens is 839 g/mol. The van der Waals surface area contributed by atoms with Crippen LogP contribution in [0.15, 0.2) is 137 Å². The van der Waals surface area contributed by atoms with Gasteiger partial charge in [-0.05, 0) is 63.2 Å². The van der Waals surface area contributed by atoms with E-state index < -0.39 is 0 Å². The van der Waals surface area contributed by atoms with Gasteiger partial charge in [-0.3, -0.25) is 9.59 Å². The van der Waals surface area contributed by atoms with E-state index in [1.165, 1.54) is 14.2 Å². The van der Waals surface area contributed by atoms with Crippen molar-refractivity contribution in [1.82, 2.24) is 44.4 Å². The first kappa shape index (κ1) is 42.3. The van der Waals surface area contributed by atoms with E-state index >= 15 is 0 Å². The number of nitrogens with zero attached hydrogens (tertiary/aromatic N) is 9. The Balaban J connectivity index is 0.000000166. The average molecular weight is 880 g/mol. The summed E-state index contributed by atoms with van der Waals surface area (Å²) in [6.07, 6.45) is 5.19. The van der Waals surface area contributed by atoms with Crippen molar-refractivity contribution in [2.45, 2.75) is 20.8 Å². The molecule has 0 unspecified atom stereocenters. The molecule has 0 aliphatic carbocycles. The number of nitrogens with one attached hydrogen (secondary N) is 2. The van der Waals surface area contributed by atoms with E-state index in [1.807, 2.05) is 110 Å². The zero-order valence-corrected chi connectivity index (χ0v) is 36.6. The van der Waals surface area contributed by atoms with Gasteiger partial charge in [-0.25, -0.2) is 24.5 Å². The predicted molar refractivity (Wildman–Crippen MR) is 247 cm³/mol. The third-order valence-electron chi connectivity index (χ3n) is 10.8. The van der Waals surface area contributed by atoms with E-state index in [1.54, 1.807) is 55.0 Å². The van der Waals surface area contributed by atoms with E-state index in [0.29, 0.717) is 68.3 Å². The van der Waals surface area contributed by atoms with Gasteiger partial charge in [0.25, 0.3) is 11.8 Å². The highest BCUT2D eigenvalue weighted by molar-refractivity contribution is 6.10. The SMILES string of the molecule is COc1nc(-c2ccc3c(c2)nc(C)n3C)ccc1NC(=O)c1c(-c2ccccc2)noc1C.COc1nc(-c2cnn3cccnc23)ccc1NC(=O)c1c(-c2ccccc2)noc1C. The highest BCUT2D eigenvalue weighted by Gasteiger charge is 2.25. The van der Waals surface area contributed by atoms with Crippen LogP contribution in [-0.4, -0.2) is 70.5 Å². The number of aryl methyl sites for hydroxylation is 4. The number of carbonyl (C=O) groups excluding carboxylic acids is 2. The second kappa shape index (κ2) is 18.0. The largest absolute Gasteiger partial charge is 0.479 e. The summed E-state index contributed by atoms with van der Waals surface area (Å²) in [7, 11) is 5.01. The Bertz CT molecular complexity index is 3390. The van der Waals surface area contributed by atoms with E-state index in [0.717, 1.165) is 39.1 Å². The number of rotatable bonds is 10. The van der Waals surface area contributed by atoms with E-state index in [2.05, 4.69) is 46.0 Å². The normalized spacial score (nSPS) is 11.0. The summed E-state index contributed by atoms with van der Waals surface area (Å²) in [6.45, 7) is 5.38. The minimum absolute atomic E-state index is 0.265. The number of amides is 2. The van der Waals surface area contributed by atoms with Gasteiger partial charge in [0.15, 0.2) is 5.65 Å². The van der Waals surface area contributed by atoms with Gasteiger partial charge in [-0.2, -0.15) is 5.10 Å². The van der Waals surface area contributed by atoms with Crippen LogP contribution in [0.4, 0.5) is 11.4 Å². The predicted octanol–water partition coefficient (Wildman–Crippen LogP) is 9.18. The summed E-state index contributed by atoms with van der Waals surface area (Å²) >= 11 is 0. The highest BCUT2D eigenvalue weighted by atomic mass is 16.5. The molecule has 66 heavy (non-hydrogen) atoms. The van der Waals surface area contributed by atoms with Crippen molar-refractivity contribution in [3.63, 3.8) is 0 Å². The van der Waals surface area contributed by atoms with Gasteiger partial charge in [0.1, 0.15) is 51.2 Å². The molecule has 3 aromatic carbocycles. The molecule has 2 amide bonds. The Morgan fingerprint density at radius 1 is 0.636 bits per heavy atom. The van der Waals surface area contributed by atoms with E-state index in [-0.39, 0.29) is 17.7 Å². The monoisotopic (exact) mass is 879 g/mol. The molecule has 0 saturated heterocycles. The number of carbonyl (C=O) groups is 2. The van der Waals surface area contributed by atoms with Crippen molar-refractivity contribution in [2.75, 3.05) is 24.9 Å². The maximum Gasteiger partial charge on any atom is 0.261 e. The van der Waals surface area contributed by atoms with Crippen molar-refractivity contribution in [1.29, 1.82) is 0 Å². The summed E-state index contributed by atoms with van der Waals surface area (Å²) in [4.78, 5) is 44.5. The molecule has 0 fully saturated rings. The Morgan fingerprint density at radius 2 is 1.20 bits per heavy atom. The molecule has 17 heteroatoms. The number of hydrogen-bond donors (Lipinski definition) is 2. The van der Waals surface area contributed by atoms with Crippen LogP contribution in [0.25, 0.3) is 61.7 Å². The van der Waals surface area contributed by atoms with E-state index in [9.17, 15) is 9.59 Å². The second-order valence-corrected chi connectivity index (χ2v) is 14.9. The van der Waals surface area contributed by atoms with Gasteiger partial charge >= 0.3 is 0 Å². The van der Waals surface area contributed by atoms with Gasteiger partial charge in [0, 0.05) is 36.1 Å². The van der Waals surface area contributed by atoms with Crippen molar-refractivity contribution < 1.29 is 28.1 Å². The Morgan fingerprint density at radius 3 is 1.77 bits per heavy atom. The van der Waals surface area contributed by atoms with Crippen LogP contribution >= 0.6 is 0 Å². The summed E-state index contributed by atoms with van der Waals surface area (Å²) in [5, 5.41) is 18.2. The van der Waals surface area contributed by atoms with Crippen LogP contribution in [0.1, 0.15) is 38.1 Å². The maximum absolute atomic E-state index is 13.2. The number of imidazole rings is 1. The second-order valence-electron chi connectivity index (χ2n) is 14.9. The molecular formula is C49H41N11O6. The summed E-state index contributed by atoms with van der Waals surface area (Å²) < 4.78 is 25.3. The van der Waals surface area contributed by atoms with Gasteiger partial charge in [0.05, 0.1) is 48.4 Å². The molecule has 17 nitrogen and oxygen atoms in total. The van der Waals surface area contributed by atoms with Crippen LogP contribution in [0.3, 0.4) is 0 Å². The standard InChI is InChI=1S/C26H23N5O3.C23H18N6O3/c1-15-23(24(30-34-15)17-8-6-5-7-9-17)25(32)28-20-12-11-19(29-26(20)33-4)18-10-13-22-21(14-18)27-16(2)31(22)3;1-14-19(20(28-32-14)15-7-4-3-5-8-15)22(30)26-18-10-9-17(27-23(18)31-2)16-13-25-29-12-6-11-24-21(16)29/h5-14H,1-4H3,(H,28,32);3-13H,1-2H3,(H,26,30). The number of methoxy groups -OCH3 is 2. The Hall–Kier alpha value is -8.99. The summed E-state index contributed by atoms with van der Waals surface area (Å²) in [5.41, 5.74) is 9.75. The smallest absolute Gasteiger partial charge is 0.261 e. The number of ether oxygens (including phenoxy) is 2. The van der Waals surface area contributed by atoms with Crippen LogP contribution in [0.2, 0.25) is 0 Å². The summed E-state index contributed by atoms with van der Waals surface area (Å²) in [6, 6.07) is 33.8. The number of aromatic nitrogens is 9. The van der Waals surface area contributed by atoms with Gasteiger partial charge in [-0.15, -0.1) is 0 Å². The fourth-order valence-electron chi connectivity index (χ4n) is 7.42. The molecule has 0 atom stereocenters. The molecule has 7 heterocycles. The van der Waals surface area contributed by atoms with Crippen molar-refractivity contribution in [3.8, 4) is 56.8 Å². The molecule has 0 saturated carbocycles. The molecule has 0 aliphatic heterocycles. The number of pyridine rings is 2. The fraction of sp³-hybridized carbons (Fsp3) is 0.122. The lowest BCUT2D eigenvalue weighted by Crippen LogP contribution is -2.14. The van der Waals surface area contributed by atoms with Crippen molar-refractivity contribution >= 4 is 39.9 Å². The molecule has 0 aliphatic rings.